The van der Waals surface area contributed by atoms with E-state index < -0.39 is 0 Å². The average molecular weight is 374 g/mol. The molecule has 140 valence electrons. The molecule has 1 N–H and O–H groups in total. The molecule has 1 amide bonds. The Bertz CT molecular complexity index is 1120. The minimum absolute atomic E-state index is 0.254. The third kappa shape index (κ3) is 3.40. The highest BCUT2D eigenvalue weighted by Crippen LogP contribution is 2.29. The predicted octanol–water partition coefficient (Wildman–Crippen LogP) is 4.76. The molecule has 0 atom stereocenters. The van der Waals surface area contributed by atoms with Gasteiger partial charge < -0.3 is 19.2 Å². The van der Waals surface area contributed by atoms with Crippen LogP contribution < -0.4 is 14.8 Å². The first kappa shape index (κ1) is 17.6. The first-order valence-corrected chi connectivity index (χ1v) is 8.67. The summed E-state index contributed by atoms with van der Waals surface area (Å²) in [5.41, 5.74) is 3.39. The van der Waals surface area contributed by atoms with Gasteiger partial charge in [-0.15, -0.1) is 0 Å². The summed E-state index contributed by atoms with van der Waals surface area (Å²) in [7, 11) is 3.08. The fourth-order valence-corrected chi connectivity index (χ4v) is 2.91. The fourth-order valence-electron chi connectivity index (χ4n) is 2.91. The number of anilines is 1. The van der Waals surface area contributed by atoms with Gasteiger partial charge in [-0.05, 0) is 48.5 Å². The second-order valence-corrected chi connectivity index (χ2v) is 6.09. The minimum atomic E-state index is -0.254. The van der Waals surface area contributed by atoms with Crippen molar-refractivity contribution < 1.29 is 18.7 Å². The van der Waals surface area contributed by atoms with Crippen molar-refractivity contribution in [3.05, 3.63) is 72.3 Å². The third-order valence-corrected chi connectivity index (χ3v) is 4.31. The summed E-state index contributed by atoms with van der Waals surface area (Å²) in [6.07, 6.45) is 0. The molecule has 0 radical (unpaired) electrons. The first-order chi connectivity index (χ1) is 13.7. The van der Waals surface area contributed by atoms with Crippen molar-refractivity contribution in [2.75, 3.05) is 19.5 Å². The Balaban J connectivity index is 1.59. The fraction of sp³-hybridized carbons (Fsp3) is 0.0909. The summed E-state index contributed by atoms with van der Waals surface area (Å²) in [5, 5.41) is 2.89. The molecule has 3 aromatic carbocycles. The molecule has 4 rings (SSSR count). The van der Waals surface area contributed by atoms with E-state index in [0.29, 0.717) is 28.6 Å². The lowest BCUT2D eigenvalue weighted by Crippen LogP contribution is -2.12. The zero-order valence-corrected chi connectivity index (χ0v) is 15.4. The lowest BCUT2D eigenvalue weighted by atomic mass is 10.1. The van der Waals surface area contributed by atoms with Crippen LogP contribution in [0.25, 0.3) is 22.6 Å². The Morgan fingerprint density at radius 3 is 2.54 bits per heavy atom. The number of carbonyl (C=O) groups is 1. The smallest absolute Gasteiger partial charge is 0.255 e. The Hall–Kier alpha value is -3.80. The molecular formula is C22H18N2O4. The second kappa shape index (κ2) is 7.44. The van der Waals surface area contributed by atoms with Crippen molar-refractivity contribution in [2.45, 2.75) is 0 Å². The number of fused-ring (bicyclic) bond motifs is 1. The molecular weight excluding hydrogens is 356 g/mol. The molecule has 4 aromatic rings. The van der Waals surface area contributed by atoms with Crippen LogP contribution in [0, 0.1) is 0 Å². The summed E-state index contributed by atoms with van der Waals surface area (Å²) in [6.45, 7) is 0. The van der Waals surface area contributed by atoms with Crippen LogP contribution in [0.4, 0.5) is 5.69 Å². The number of ether oxygens (including phenoxy) is 2. The highest BCUT2D eigenvalue weighted by atomic mass is 16.5. The van der Waals surface area contributed by atoms with Crippen LogP contribution in [0.1, 0.15) is 10.4 Å². The molecule has 0 aliphatic heterocycles. The topological polar surface area (TPSA) is 73.6 Å². The highest BCUT2D eigenvalue weighted by molar-refractivity contribution is 6.04. The molecule has 0 saturated carbocycles. The molecule has 6 heteroatoms. The van der Waals surface area contributed by atoms with Crippen LogP contribution in [-0.2, 0) is 0 Å². The minimum Gasteiger partial charge on any atom is -0.493 e. The normalized spacial score (nSPS) is 10.6. The van der Waals surface area contributed by atoms with Crippen molar-refractivity contribution in [3.63, 3.8) is 0 Å². The summed E-state index contributed by atoms with van der Waals surface area (Å²) < 4.78 is 16.3. The van der Waals surface area contributed by atoms with E-state index in [1.807, 2.05) is 48.5 Å². The molecule has 28 heavy (non-hydrogen) atoms. The van der Waals surface area contributed by atoms with Gasteiger partial charge in [0.2, 0.25) is 5.89 Å². The Morgan fingerprint density at radius 2 is 1.75 bits per heavy atom. The number of amides is 1. The van der Waals surface area contributed by atoms with Crippen molar-refractivity contribution in [1.82, 2.24) is 4.98 Å². The van der Waals surface area contributed by atoms with Crippen LogP contribution in [0.3, 0.4) is 0 Å². The van der Waals surface area contributed by atoms with Gasteiger partial charge >= 0.3 is 0 Å². The lowest BCUT2D eigenvalue weighted by Gasteiger charge is -2.10. The molecule has 1 heterocycles. The van der Waals surface area contributed by atoms with Gasteiger partial charge in [-0.25, -0.2) is 4.98 Å². The van der Waals surface area contributed by atoms with Gasteiger partial charge in [0, 0.05) is 16.8 Å². The molecule has 0 saturated heterocycles. The Morgan fingerprint density at radius 1 is 0.929 bits per heavy atom. The van der Waals surface area contributed by atoms with Gasteiger partial charge in [0.15, 0.2) is 17.1 Å². The van der Waals surface area contributed by atoms with Gasteiger partial charge in [0.05, 0.1) is 14.2 Å². The predicted molar refractivity (Wildman–Crippen MR) is 107 cm³/mol. The number of nitrogens with zero attached hydrogens (tertiary/aromatic N) is 1. The zero-order valence-electron chi connectivity index (χ0n) is 15.4. The van der Waals surface area contributed by atoms with E-state index in [1.165, 1.54) is 7.11 Å². The Labute approximate surface area is 161 Å². The van der Waals surface area contributed by atoms with Crippen molar-refractivity contribution in [1.29, 1.82) is 0 Å². The molecule has 1 aromatic heterocycles. The van der Waals surface area contributed by atoms with Gasteiger partial charge in [0.1, 0.15) is 5.52 Å². The van der Waals surface area contributed by atoms with Crippen molar-refractivity contribution in [3.8, 4) is 23.0 Å². The largest absolute Gasteiger partial charge is 0.493 e. The molecule has 0 bridgehead atoms. The lowest BCUT2D eigenvalue weighted by molar-refractivity contribution is 0.102. The summed E-state index contributed by atoms with van der Waals surface area (Å²) in [4.78, 5) is 17.1. The molecule has 6 nitrogen and oxygen atoms in total. The number of nitrogens with one attached hydrogen (secondary N) is 1. The van der Waals surface area contributed by atoms with E-state index in [1.54, 1.807) is 25.3 Å². The van der Waals surface area contributed by atoms with Crippen LogP contribution in [0.15, 0.2) is 71.1 Å². The Kier molecular flexibility index (Phi) is 4.68. The summed E-state index contributed by atoms with van der Waals surface area (Å²) in [5.74, 6) is 1.31. The quantitative estimate of drug-likeness (QED) is 0.545. The second-order valence-electron chi connectivity index (χ2n) is 6.09. The third-order valence-electron chi connectivity index (χ3n) is 4.31. The number of methoxy groups -OCH3 is 2. The van der Waals surface area contributed by atoms with E-state index in [-0.39, 0.29) is 5.91 Å². The monoisotopic (exact) mass is 374 g/mol. The van der Waals surface area contributed by atoms with E-state index >= 15 is 0 Å². The van der Waals surface area contributed by atoms with E-state index in [2.05, 4.69) is 10.3 Å². The van der Waals surface area contributed by atoms with Gasteiger partial charge in [0.25, 0.3) is 5.91 Å². The van der Waals surface area contributed by atoms with E-state index in [0.717, 1.165) is 16.7 Å². The van der Waals surface area contributed by atoms with E-state index in [4.69, 9.17) is 13.9 Å². The number of hydrogen-bond donors (Lipinski definition) is 1. The van der Waals surface area contributed by atoms with Crippen molar-refractivity contribution >= 4 is 22.7 Å². The van der Waals surface area contributed by atoms with Crippen LogP contribution in [0.2, 0.25) is 0 Å². The van der Waals surface area contributed by atoms with Crippen LogP contribution >= 0.6 is 0 Å². The SMILES string of the molecule is COc1ccc(C(=O)Nc2cccc(-c3nc4ccccc4o3)c2)cc1OC. The van der Waals surface area contributed by atoms with Gasteiger partial charge in [-0.2, -0.15) is 0 Å². The number of aromatic nitrogens is 1. The van der Waals surface area contributed by atoms with Gasteiger partial charge in [-0.1, -0.05) is 18.2 Å². The molecule has 0 fully saturated rings. The standard InChI is InChI=1S/C22H18N2O4/c1-26-19-11-10-14(13-20(19)27-2)21(25)23-16-7-5-6-15(12-16)22-24-17-8-3-4-9-18(17)28-22/h3-13H,1-2H3,(H,23,25). The number of hydrogen-bond acceptors (Lipinski definition) is 5. The number of rotatable bonds is 5. The van der Waals surface area contributed by atoms with E-state index in [9.17, 15) is 4.79 Å². The number of benzene rings is 3. The number of para-hydroxylation sites is 2. The molecule has 0 spiro atoms. The van der Waals surface area contributed by atoms with Gasteiger partial charge in [-0.3, -0.25) is 4.79 Å². The summed E-state index contributed by atoms with van der Waals surface area (Å²) >= 11 is 0. The highest BCUT2D eigenvalue weighted by Gasteiger charge is 2.13. The zero-order chi connectivity index (χ0) is 19.5. The van der Waals surface area contributed by atoms with Crippen LogP contribution in [0.5, 0.6) is 11.5 Å². The molecule has 0 aliphatic carbocycles. The molecule has 0 aliphatic rings. The average Bonchev–Trinajstić information content (AvgIpc) is 3.17. The first-order valence-electron chi connectivity index (χ1n) is 8.67. The molecule has 0 unspecified atom stereocenters. The van der Waals surface area contributed by atoms with Crippen molar-refractivity contribution in [2.24, 2.45) is 0 Å². The van der Waals surface area contributed by atoms with Crippen LogP contribution in [-0.4, -0.2) is 25.1 Å². The maximum Gasteiger partial charge on any atom is 0.255 e. The number of oxazole rings is 1. The maximum atomic E-state index is 12.6. The summed E-state index contributed by atoms with van der Waals surface area (Å²) in [6, 6.07) is 20.0. The number of carbonyl (C=O) groups excluding carboxylic acids is 1. The maximum absolute atomic E-state index is 12.6.